The Hall–Kier alpha value is -2.36. The summed E-state index contributed by atoms with van der Waals surface area (Å²) in [5, 5.41) is 21.5. The summed E-state index contributed by atoms with van der Waals surface area (Å²) in [7, 11) is 0. The van der Waals surface area contributed by atoms with Gasteiger partial charge in [0.1, 0.15) is 11.4 Å². The summed E-state index contributed by atoms with van der Waals surface area (Å²) < 4.78 is 6.18. The maximum Gasteiger partial charge on any atom is 0.227 e. The smallest absolute Gasteiger partial charge is 0.227 e. The molecule has 132 valence electrons. The van der Waals surface area contributed by atoms with Gasteiger partial charge in [0.15, 0.2) is 0 Å². The molecule has 2 aliphatic rings. The zero-order valence-electron chi connectivity index (χ0n) is 14.6. The largest absolute Gasteiger partial charge is 0.483 e. The van der Waals surface area contributed by atoms with E-state index in [-0.39, 0.29) is 12.5 Å². The van der Waals surface area contributed by atoms with Crippen LogP contribution in [0.5, 0.6) is 5.75 Å². The molecule has 3 rings (SSSR count). The van der Waals surface area contributed by atoms with Crippen molar-refractivity contribution in [2.45, 2.75) is 32.3 Å². The van der Waals surface area contributed by atoms with Crippen LogP contribution in [0.3, 0.4) is 0 Å². The number of benzene rings is 1. The lowest BCUT2D eigenvalue weighted by Gasteiger charge is -2.39. The van der Waals surface area contributed by atoms with Crippen LogP contribution in [-0.4, -0.2) is 47.8 Å². The van der Waals surface area contributed by atoms with Crippen LogP contribution in [-0.2, 0) is 4.79 Å². The average molecular weight is 341 g/mol. The van der Waals surface area contributed by atoms with Crippen LogP contribution in [0.25, 0.3) is 5.70 Å². The van der Waals surface area contributed by atoms with Crippen LogP contribution in [0, 0.1) is 11.3 Å². The molecule has 1 amide bonds. The van der Waals surface area contributed by atoms with E-state index in [1.54, 1.807) is 18.2 Å². The number of amides is 1. The molecular weight excluding hydrogens is 318 g/mol. The van der Waals surface area contributed by atoms with E-state index >= 15 is 0 Å². The van der Waals surface area contributed by atoms with Crippen molar-refractivity contribution in [1.82, 2.24) is 10.2 Å². The molecule has 0 bridgehead atoms. The second-order valence-electron chi connectivity index (χ2n) is 6.81. The number of hydrogen-bond acceptors (Lipinski definition) is 5. The number of carbonyl (C=O) groups is 1. The van der Waals surface area contributed by atoms with Crippen LogP contribution in [0.1, 0.15) is 37.8 Å². The standard InChI is InChI=1S/C19H23N3O3/c1-19(2)15(12-21-7-9-23)18(22-8-3-4-17(22)24)14-10-13(11-20)5-6-16(14)25-19/h5-6,10,21,23H,3-4,7-9,12H2,1-2H3. The molecule has 1 saturated heterocycles. The highest BCUT2D eigenvalue weighted by molar-refractivity contribution is 5.91. The lowest BCUT2D eigenvalue weighted by molar-refractivity contribution is -0.125. The summed E-state index contributed by atoms with van der Waals surface area (Å²) in [6.45, 7) is 5.63. The first-order valence-corrected chi connectivity index (χ1v) is 8.57. The Morgan fingerprint density at radius 2 is 2.24 bits per heavy atom. The Morgan fingerprint density at radius 1 is 1.44 bits per heavy atom. The summed E-state index contributed by atoms with van der Waals surface area (Å²) in [4.78, 5) is 14.3. The van der Waals surface area contributed by atoms with E-state index in [4.69, 9.17) is 9.84 Å². The summed E-state index contributed by atoms with van der Waals surface area (Å²) in [5.41, 5.74) is 2.53. The zero-order valence-corrected chi connectivity index (χ0v) is 14.6. The highest BCUT2D eigenvalue weighted by Gasteiger charge is 2.39. The number of ether oxygens (including phenoxy) is 1. The van der Waals surface area contributed by atoms with Gasteiger partial charge in [-0.25, -0.2) is 0 Å². The van der Waals surface area contributed by atoms with E-state index in [9.17, 15) is 10.1 Å². The molecule has 0 radical (unpaired) electrons. The SMILES string of the molecule is CC1(C)Oc2ccc(C#N)cc2C(N2CCCC2=O)=C1CNCCO. The predicted molar refractivity (Wildman–Crippen MR) is 93.7 cm³/mol. The number of aliphatic hydroxyl groups is 1. The number of nitrogens with one attached hydrogen (secondary N) is 1. The van der Waals surface area contributed by atoms with Crippen molar-refractivity contribution in [2.24, 2.45) is 0 Å². The van der Waals surface area contributed by atoms with Gasteiger partial charge >= 0.3 is 0 Å². The van der Waals surface area contributed by atoms with Crippen LogP contribution in [0.4, 0.5) is 0 Å². The van der Waals surface area contributed by atoms with Crippen molar-refractivity contribution in [3.8, 4) is 11.8 Å². The fourth-order valence-corrected chi connectivity index (χ4v) is 3.44. The van der Waals surface area contributed by atoms with Crippen molar-refractivity contribution >= 4 is 11.6 Å². The molecule has 25 heavy (non-hydrogen) atoms. The molecule has 1 fully saturated rings. The van der Waals surface area contributed by atoms with E-state index in [0.717, 1.165) is 23.3 Å². The lowest BCUT2D eigenvalue weighted by Crippen LogP contribution is -2.43. The monoisotopic (exact) mass is 341 g/mol. The van der Waals surface area contributed by atoms with Gasteiger partial charge < -0.3 is 20.1 Å². The van der Waals surface area contributed by atoms with Gasteiger partial charge in [-0.2, -0.15) is 5.26 Å². The minimum Gasteiger partial charge on any atom is -0.483 e. The van der Waals surface area contributed by atoms with Crippen molar-refractivity contribution in [3.63, 3.8) is 0 Å². The normalized spacial score (nSPS) is 18.8. The molecule has 1 aromatic rings. The molecule has 6 heteroatoms. The van der Waals surface area contributed by atoms with Crippen molar-refractivity contribution in [2.75, 3.05) is 26.2 Å². The number of fused-ring (bicyclic) bond motifs is 1. The first kappa shape index (κ1) is 17.5. The highest BCUT2D eigenvalue weighted by Crippen LogP contribution is 2.43. The molecular formula is C19H23N3O3. The third-order valence-corrected chi connectivity index (χ3v) is 4.68. The van der Waals surface area contributed by atoms with E-state index in [0.29, 0.717) is 37.4 Å². The fraction of sp³-hybridized carbons (Fsp3) is 0.474. The van der Waals surface area contributed by atoms with Crippen molar-refractivity contribution in [3.05, 3.63) is 34.9 Å². The predicted octanol–water partition coefficient (Wildman–Crippen LogP) is 1.64. The number of nitrogens with zero attached hydrogens (tertiary/aromatic N) is 2. The van der Waals surface area contributed by atoms with Crippen LogP contribution in [0.2, 0.25) is 0 Å². The van der Waals surface area contributed by atoms with Gasteiger partial charge in [-0.15, -0.1) is 0 Å². The Labute approximate surface area is 147 Å². The van der Waals surface area contributed by atoms with Gasteiger partial charge in [0.2, 0.25) is 5.91 Å². The zero-order chi connectivity index (χ0) is 18.0. The molecule has 0 atom stereocenters. The van der Waals surface area contributed by atoms with E-state index < -0.39 is 5.60 Å². The van der Waals surface area contributed by atoms with Gasteiger partial charge in [-0.05, 0) is 38.5 Å². The molecule has 1 aromatic carbocycles. The van der Waals surface area contributed by atoms with Gasteiger partial charge in [-0.1, -0.05) is 0 Å². The second-order valence-corrected chi connectivity index (χ2v) is 6.81. The Balaban J connectivity index is 2.16. The van der Waals surface area contributed by atoms with Crippen LogP contribution < -0.4 is 10.1 Å². The summed E-state index contributed by atoms with van der Waals surface area (Å²) >= 11 is 0. The third kappa shape index (κ3) is 3.26. The quantitative estimate of drug-likeness (QED) is 0.795. The van der Waals surface area contributed by atoms with Gasteiger partial charge in [0.25, 0.3) is 0 Å². The minimum absolute atomic E-state index is 0.0434. The number of nitriles is 1. The molecule has 2 heterocycles. The van der Waals surface area contributed by atoms with Crippen molar-refractivity contribution < 1.29 is 14.6 Å². The molecule has 0 aromatic heterocycles. The molecule has 0 spiro atoms. The summed E-state index contributed by atoms with van der Waals surface area (Å²) in [5.74, 6) is 0.783. The average Bonchev–Trinajstić information content (AvgIpc) is 3.00. The van der Waals surface area contributed by atoms with E-state index in [1.165, 1.54) is 0 Å². The summed E-state index contributed by atoms with van der Waals surface area (Å²) in [6, 6.07) is 7.48. The Bertz CT molecular complexity index is 762. The van der Waals surface area contributed by atoms with E-state index in [2.05, 4.69) is 11.4 Å². The van der Waals surface area contributed by atoms with Crippen molar-refractivity contribution in [1.29, 1.82) is 5.26 Å². The molecule has 0 unspecified atom stereocenters. The Kier molecular flexibility index (Phi) is 4.80. The first-order valence-electron chi connectivity index (χ1n) is 8.57. The first-order chi connectivity index (χ1) is 12.0. The van der Waals surface area contributed by atoms with Gasteiger partial charge in [0, 0.05) is 37.2 Å². The molecule has 2 aliphatic heterocycles. The minimum atomic E-state index is -0.595. The van der Waals surface area contributed by atoms with Gasteiger partial charge in [-0.3, -0.25) is 4.79 Å². The number of hydrogen-bond donors (Lipinski definition) is 2. The number of likely N-dealkylation sites (tertiary alicyclic amines) is 1. The molecule has 2 N–H and O–H groups in total. The molecule has 0 saturated carbocycles. The van der Waals surface area contributed by atoms with Crippen LogP contribution in [0.15, 0.2) is 23.8 Å². The fourth-order valence-electron chi connectivity index (χ4n) is 3.44. The maximum absolute atomic E-state index is 12.4. The third-order valence-electron chi connectivity index (χ3n) is 4.68. The topological polar surface area (TPSA) is 85.6 Å². The highest BCUT2D eigenvalue weighted by atomic mass is 16.5. The maximum atomic E-state index is 12.4. The number of rotatable bonds is 5. The van der Waals surface area contributed by atoms with Crippen LogP contribution >= 0.6 is 0 Å². The van der Waals surface area contributed by atoms with Gasteiger partial charge in [0.05, 0.1) is 23.9 Å². The lowest BCUT2D eigenvalue weighted by atomic mass is 9.88. The second kappa shape index (κ2) is 6.87. The summed E-state index contributed by atoms with van der Waals surface area (Å²) in [6.07, 6.45) is 1.36. The van der Waals surface area contributed by atoms with E-state index in [1.807, 2.05) is 18.7 Å². The number of carbonyl (C=O) groups excluding carboxylic acids is 1. The molecule has 6 nitrogen and oxygen atoms in total. The Morgan fingerprint density at radius 3 is 2.88 bits per heavy atom. The molecule has 0 aliphatic carbocycles. The number of aliphatic hydroxyl groups excluding tert-OH is 1.